The molecular formula is C27H28O5. The van der Waals surface area contributed by atoms with Crippen LogP contribution in [-0.4, -0.2) is 25.2 Å². The van der Waals surface area contributed by atoms with Crippen LogP contribution in [-0.2, 0) is 16.0 Å². The van der Waals surface area contributed by atoms with Gasteiger partial charge in [-0.2, -0.15) is 0 Å². The maximum Gasteiger partial charge on any atom is 0.349 e. The number of rotatable bonds is 10. The Balaban J connectivity index is 1.47. The predicted molar refractivity (Wildman–Crippen MR) is 123 cm³/mol. The highest BCUT2D eigenvalue weighted by molar-refractivity contribution is 5.90. The topological polar surface area (TPSA) is 61.8 Å². The van der Waals surface area contributed by atoms with Crippen LogP contribution in [0.3, 0.4) is 0 Å². The van der Waals surface area contributed by atoms with E-state index >= 15 is 0 Å². The Hall–Kier alpha value is -3.60. The van der Waals surface area contributed by atoms with Crippen molar-refractivity contribution in [2.75, 3.05) is 13.2 Å². The van der Waals surface area contributed by atoms with Gasteiger partial charge in [-0.1, -0.05) is 68.4 Å². The van der Waals surface area contributed by atoms with Crippen LogP contribution in [0.15, 0.2) is 78.9 Å². The second kappa shape index (κ2) is 11.7. The molecule has 0 radical (unpaired) electrons. The molecule has 0 aliphatic carbocycles. The quantitative estimate of drug-likeness (QED) is 0.238. The molecule has 3 aromatic carbocycles. The fourth-order valence-corrected chi connectivity index (χ4v) is 3.24. The van der Waals surface area contributed by atoms with Crippen molar-refractivity contribution in [1.82, 2.24) is 0 Å². The van der Waals surface area contributed by atoms with Crippen molar-refractivity contribution in [2.45, 2.75) is 32.6 Å². The molecule has 32 heavy (non-hydrogen) atoms. The average Bonchev–Trinajstić information content (AvgIpc) is 2.81. The van der Waals surface area contributed by atoms with E-state index in [9.17, 15) is 9.59 Å². The molecule has 0 N–H and O–H groups in total. The molecule has 0 heterocycles. The van der Waals surface area contributed by atoms with E-state index in [0.29, 0.717) is 17.9 Å². The molecule has 0 spiro atoms. The molecule has 3 rings (SSSR count). The lowest BCUT2D eigenvalue weighted by Crippen LogP contribution is -2.18. The van der Waals surface area contributed by atoms with Crippen molar-refractivity contribution < 1.29 is 23.8 Å². The summed E-state index contributed by atoms with van der Waals surface area (Å²) in [4.78, 5) is 24.5. The Kier molecular flexibility index (Phi) is 8.44. The van der Waals surface area contributed by atoms with Gasteiger partial charge in [0, 0.05) is 0 Å². The molecule has 0 fully saturated rings. The molecule has 0 bridgehead atoms. The van der Waals surface area contributed by atoms with Crippen LogP contribution >= 0.6 is 0 Å². The van der Waals surface area contributed by atoms with Gasteiger partial charge in [-0.3, -0.25) is 0 Å². The monoisotopic (exact) mass is 432 g/mol. The normalized spacial score (nSPS) is 10.6. The van der Waals surface area contributed by atoms with Gasteiger partial charge < -0.3 is 14.2 Å². The van der Waals surface area contributed by atoms with Crippen LogP contribution in [0.2, 0.25) is 0 Å². The number of carbonyl (C=O) groups is 2. The molecule has 166 valence electrons. The number of esters is 2. The van der Waals surface area contributed by atoms with Crippen LogP contribution in [0.5, 0.6) is 11.5 Å². The number of benzene rings is 3. The van der Waals surface area contributed by atoms with E-state index in [1.165, 1.54) is 11.6 Å². The third kappa shape index (κ3) is 6.98. The lowest BCUT2D eigenvalue weighted by Gasteiger charge is -2.13. The van der Waals surface area contributed by atoms with Gasteiger partial charge >= 0.3 is 11.9 Å². The third-order valence-electron chi connectivity index (χ3n) is 4.87. The zero-order chi connectivity index (χ0) is 22.8. The Morgan fingerprint density at radius 1 is 0.875 bits per heavy atom. The van der Waals surface area contributed by atoms with E-state index in [4.69, 9.17) is 14.2 Å². The summed E-state index contributed by atoms with van der Waals surface area (Å²) in [6.45, 7) is 4.22. The summed E-state index contributed by atoms with van der Waals surface area (Å²) < 4.78 is 16.3. The minimum atomic E-state index is -0.545. The molecule has 0 atom stereocenters. The highest BCUT2D eigenvalue weighted by Gasteiger charge is 2.13. The average molecular weight is 433 g/mol. The highest BCUT2D eigenvalue weighted by atomic mass is 16.6. The third-order valence-corrected chi connectivity index (χ3v) is 4.87. The van der Waals surface area contributed by atoms with Gasteiger partial charge in [0.05, 0.1) is 12.2 Å². The maximum atomic E-state index is 12.3. The van der Waals surface area contributed by atoms with E-state index in [-0.39, 0.29) is 18.3 Å². The number of ether oxygens (including phenoxy) is 3. The Labute approximate surface area is 188 Å². The molecule has 3 aromatic rings. The molecule has 0 saturated carbocycles. The summed E-state index contributed by atoms with van der Waals surface area (Å²) in [7, 11) is 0. The van der Waals surface area contributed by atoms with Gasteiger partial charge in [-0.15, -0.1) is 0 Å². The molecule has 0 aliphatic heterocycles. The summed E-state index contributed by atoms with van der Waals surface area (Å²) in [5.74, 6) is 0.217. The van der Waals surface area contributed by atoms with Crippen molar-refractivity contribution in [3.63, 3.8) is 0 Å². The minimum absolute atomic E-state index is 0.224. The van der Waals surface area contributed by atoms with Crippen molar-refractivity contribution in [3.05, 3.63) is 95.6 Å². The maximum absolute atomic E-state index is 12.3. The van der Waals surface area contributed by atoms with Crippen LogP contribution in [0, 0.1) is 0 Å². The first-order chi connectivity index (χ1) is 15.5. The zero-order valence-corrected chi connectivity index (χ0v) is 18.5. The molecule has 0 aromatic heterocycles. The van der Waals surface area contributed by atoms with Crippen molar-refractivity contribution >= 4 is 11.9 Å². The molecule has 0 saturated heterocycles. The fourth-order valence-electron chi connectivity index (χ4n) is 3.24. The molecule has 5 heteroatoms. The number of carbonyl (C=O) groups excluding carboxylic acids is 2. The van der Waals surface area contributed by atoms with Crippen LogP contribution in [0.25, 0.3) is 0 Å². The molecule has 0 amide bonds. The first kappa shape index (κ1) is 23.1. The summed E-state index contributed by atoms with van der Waals surface area (Å²) in [5.41, 5.74) is 2.56. The molecular weight excluding hydrogens is 404 g/mol. The van der Waals surface area contributed by atoms with Gasteiger partial charge in [-0.25, -0.2) is 9.59 Å². The number of aryl methyl sites for hydroxylation is 1. The Bertz CT molecular complexity index is 1030. The summed E-state index contributed by atoms with van der Waals surface area (Å²) in [5, 5.41) is 0. The van der Waals surface area contributed by atoms with Crippen molar-refractivity contribution in [2.24, 2.45) is 0 Å². The van der Waals surface area contributed by atoms with E-state index in [1.54, 1.807) is 18.2 Å². The minimum Gasteiger partial charge on any atom is -0.482 e. The molecule has 0 unspecified atom stereocenters. The number of hydrogen-bond acceptors (Lipinski definition) is 5. The van der Waals surface area contributed by atoms with E-state index in [0.717, 1.165) is 18.4 Å². The summed E-state index contributed by atoms with van der Waals surface area (Å²) in [6, 6.07) is 24.0. The zero-order valence-electron chi connectivity index (χ0n) is 18.5. The first-order valence-electron chi connectivity index (χ1n) is 10.8. The summed E-state index contributed by atoms with van der Waals surface area (Å²) in [6.07, 6.45) is 1.57. The van der Waals surface area contributed by atoms with Gasteiger partial charge in [0.15, 0.2) is 6.61 Å². The van der Waals surface area contributed by atoms with E-state index in [2.05, 4.69) is 13.8 Å². The van der Waals surface area contributed by atoms with Gasteiger partial charge in [-0.05, 0) is 54.2 Å². The highest BCUT2D eigenvalue weighted by Crippen LogP contribution is 2.25. The van der Waals surface area contributed by atoms with Crippen molar-refractivity contribution in [3.8, 4) is 11.5 Å². The van der Waals surface area contributed by atoms with Crippen LogP contribution in [0.4, 0.5) is 0 Å². The van der Waals surface area contributed by atoms with Crippen LogP contribution in [0.1, 0.15) is 47.7 Å². The standard InChI is InChI=1S/C27H28O5/c1-20(2)24-15-6-7-16-25(24)31-19-26(28)32-23-14-8-13-22(18-23)27(29)30-17-9-12-21-10-4-3-5-11-21/h3-8,10-11,13-16,18,20H,9,12,17,19H2,1-2H3. The summed E-state index contributed by atoms with van der Waals surface area (Å²) >= 11 is 0. The van der Waals surface area contributed by atoms with Gasteiger partial charge in [0.2, 0.25) is 0 Å². The number of hydrogen-bond donors (Lipinski definition) is 0. The Morgan fingerprint density at radius 2 is 1.62 bits per heavy atom. The largest absolute Gasteiger partial charge is 0.482 e. The molecule has 0 aliphatic rings. The first-order valence-corrected chi connectivity index (χ1v) is 10.8. The fraction of sp³-hybridized carbons (Fsp3) is 0.259. The smallest absolute Gasteiger partial charge is 0.349 e. The van der Waals surface area contributed by atoms with Gasteiger partial charge in [0.1, 0.15) is 11.5 Å². The van der Waals surface area contributed by atoms with E-state index < -0.39 is 11.9 Å². The lowest BCUT2D eigenvalue weighted by atomic mass is 10.0. The van der Waals surface area contributed by atoms with E-state index in [1.807, 2.05) is 54.6 Å². The lowest BCUT2D eigenvalue weighted by molar-refractivity contribution is -0.136. The van der Waals surface area contributed by atoms with Crippen LogP contribution < -0.4 is 9.47 Å². The number of para-hydroxylation sites is 1. The van der Waals surface area contributed by atoms with Crippen molar-refractivity contribution in [1.29, 1.82) is 0 Å². The second-order valence-electron chi connectivity index (χ2n) is 7.71. The second-order valence-corrected chi connectivity index (χ2v) is 7.71. The molecule has 5 nitrogen and oxygen atoms in total. The SMILES string of the molecule is CC(C)c1ccccc1OCC(=O)Oc1cccc(C(=O)OCCCc2ccccc2)c1. The Morgan fingerprint density at radius 3 is 2.41 bits per heavy atom. The van der Waals surface area contributed by atoms with Gasteiger partial charge in [0.25, 0.3) is 0 Å². The predicted octanol–water partition coefficient (Wildman–Crippen LogP) is 5.58.